The SMILES string of the molecule is O=C1CN2Cc3c(ccc(OCCCCCn4ccnc4)c3Cl)N=C2N1. The van der Waals surface area contributed by atoms with Crippen molar-refractivity contribution in [2.45, 2.75) is 32.4 Å². The summed E-state index contributed by atoms with van der Waals surface area (Å²) in [5.74, 6) is 1.24. The van der Waals surface area contributed by atoms with Gasteiger partial charge in [0, 0.05) is 24.5 Å². The third-order valence-corrected chi connectivity index (χ3v) is 4.94. The van der Waals surface area contributed by atoms with Gasteiger partial charge < -0.3 is 14.2 Å². The first-order chi connectivity index (χ1) is 12.7. The molecule has 8 heteroatoms. The molecule has 1 aromatic heterocycles. The molecule has 1 saturated heterocycles. The molecule has 0 spiro atoms. The van der Waals surface area contributed by atoms with Gasteiger partial charge in [-0.15, -0.1) is 0 Å². The van der Waals surface area contributed by atoms with Crippen LogP contribution in [0, 0.1) is 0 Å². The van der Waals surface area contributed by atoms with Crippen LogP contribution in [-0.4, -0.2) is 39.5 Å². The van der Waals surface area contributed by atoms with Crippen LogP contribution in [0.4, 0.5) is 5.69 Å². The molecule has 0 aliphatic carbocycles. The number of fused-ring (bicyclic) bond motifs is 2. The molecule has 4 rings (SSSR count). The Bertz CT molecular complexity index is 834. The summed E-state index contributed by atoms with van der Waals surface area (Å²) >= 11 is 6.52. The zero-order valence-electron chi connectivity index (χ0n) is 14.3. The van der Waals surface area contributed by atoms with Gasteiger partial charge in [-0.3, -0.25) is 10.1 Å². The van der Waals surface area contributed by atoms with Crippen molar-refractivity contribution in [1.82, 2.24) is 19.8 Å². The van der Waals surface area contributed by atoms with Crippen LogP contribution in [0.5, 0.6) is 5.75 Å². The number of hydrogen-bond acceptors (Lipinski definition) is 5. The number of aryl methyl sites for hydroxylation is 1. The summed E-state index contributed by atoms with van der Waals surface area (Å²) in [4.78, 5) is 21.9. The van der Waals surface area contributed by atoms with Crippen molar-refractivity contribution in [1.29, 1.82) is 0 Å². The highest BCUT2D eigenvalue weighted by molar-refractivity contribution is 6.33. The summed E-state index contributed by atoms with van der Waals surface area (Å²) in [6.45, 7) is 2.48. The number of amides is 1. The number of carbonyl (C=O) groups is 1. The van der Waals surface area contributed by atoms with Crippen LogP contribution in [0.3, 0.4) is 0 Å². The van der Waals surface area contributed by atoms with Crippen molar-refractivity contribution in [3.8, 4) is 5.75 Å². The van der Waals surface area contributed by atoms with Crippen LogP contribution < -0.4 is 10.1 Å². The van der Waals surface area contributed by atoms with E-state index in [4.69, 9.17) is 16.3 Å². The van der Waals surface area contributed by atoms with E-state index in [2.05, 4.69) is 19.9 Å². The van der Waals surface area contributed by atoms with Gasteiger partial charge >= 0.3 is 0 Å². The summed E-state index contributed by atoms with van der Waals surface area (Å²) in [6, 6.07) is 3.74. The number of benzene rings is 1. The molecule has 0 unspecified atom stereocenters. The first-order valence-electron chi connectivity index (χ1n) is 8.74. The number of hydrogen-bond donors (Lipinski definition) is 1. The maximum atomic E-state index is 11.5. The number of nitrogens with one attached hydrogen (secondary N) is 1. The topological polar surface area (TPSA) is 71.8 Å². The van der Waals surface area contributed by atoms with Crippen LogP contribution in [0.1, 0.15) is 24.8 Å². The van der Waals surface area contributed by atoms with E-state index in [1.165, 1.54) is 0 Å². The number of unbranched alkanes of at least 4 members (excludes halogenated alkanes) is 2. The third-order valence-electron chi connectivity index (χ3n) is 4.52. The van der Waals surface area contributed by atoms with Gasteiger partial charge in [0.1, 0.15) is 12.3 Å². The molecule has 7 nitrogen and oxygen atoms in total. The molecule has 0 saturated carbocycles. The Morgan fingerprint density at radius 3 is 3.00 bits per heavy atom. The van der Waals surface area contributed by atoms with Crippen LogP contribution in [0.2, 0.25) is 5.02 Å². The Hall–Kier alpha value is -2.54. The quantitative estimate of drug-likeness (QED) is 0.757. The largest absolute Gasteiger partial charge is 0.492 e. The molecule has 1 aromatic carbocycles. The average molecular weight is 374 g/mol. The van der Waals surface area contributed by atoms with E-state index < -0.39 is 0 Å². The van der Waals surface area contributed by atoms with Gasteiger partial charge in [-0.1, -0.05) is 11.6 Å². The smallest absolute Gasteiger partial charge is 0.246 e. The minimum Gasteiger partial charge on any atom is -0.492 e. The van der Waals surface area contributed by atoms with Crippen molar-refractivity contribution in [2.24, 2.45) is 4.99 Å². The normalized spacial score (nSPS) is 15.3. The Morgan fingerprint density at radius 1 is 1.23 bits per heavy atom. The molecule has 1 N–H and O–H groups in total. The van der Waals surface area contributed by atoms with Crippen molar-refractivity contribution < 1.29 is 9.53 Å². The molecular formula is C18H20ClN5O2. The number of aliphatic imine (C=N–C) groups is 1. The fourth-order valence-electron chi connectivity index (χ4n) is 3.16. The van der Waals surface area contributed by atoms with Crippen molar-refractivity contribution >= 4 is 29.2 Å². The lowest BCUT2D eigenvalue weighted by Gasteiger charge is -2.24. The van der Waals surface area contributed by atoms with Gasteiger partial charge in [-0.2, -0.15) is 0 Å². The highest BCUT2D eigenvalue weighted by Crippen LogP contribution is 2.38. The third kappa shape index (κ3) is 3.53. The number of nitrogens with zero attached hydrogens (tertiary/aromatic N) is 4. The molecule has 2 aliphatic rings. The summed E-state index contributed by atoms with van der Waals surface area (Å²) < 4.78 is 7.95. The van der Waals surface area contributed by atoms with E-state index in [1.54, 1.807) is 6.20 Å². The predicted octanol–water partition coefficient (Wildman–Crippen LogP) is 2.72. The zero-order chi connectivity index (χ0) is 17.9. The highest BCUT2D eigenvalue weighted by atomic mass is 35.5. The zero-order valence-corrected chi connectivity index (χ0v) is 15.1. The molecule has 1 amide bonds. The predicted molar refractivity (Wildman–Crippen MR) is 98.7 cm³/mol. The van der Waals surface area contributed by atoms with Crippen LogP contribution in [-0.2, 0) is 17.9 Å². The number of halogens is 1. The van der Waals surface area contributed by atoms with Gasteiger partial charge in [0.2, 0.25) is 11.9 Å². The first-order valence-corrected chi connectivity index (χ1v) is 9.12. The molecule has 2 aliphatic heterocycles. The number of carbonyl (C=O) groups excluding carboxylic acids is 1. The van der Waals surface area contributed by atoms with Crippen molar-refractivity contribution in [2.75, 3.05) is 13.2 Å². The number of aromatic nitrogens is 2. The van der Waals surface area contributed by atoms with Crippen LogP contribution >= 0.6 is 11.6 Å². The Morgan fingerprint density at radius 2 is 2.15 bits per heavy atom. The molecule has 1 fully saturated rings. The van der Waals surface area contributed by atoms with Crippen LogP contribution in [0.25, 0.3) is 0 Å². The summed E-state index contributed by atoms with van der Waals surface area (Å²) in [6.07, 6.45) is 8.74. The van der Waals surface area contributed by atoms with Gasteiger partial charge in [0.25, 0.3) is 0 Å². The molecule has 0 radical (unpaired) electrons. The highest BCUT2D eigenvalue weighted by Gasteiger charge is 2.30. The molecule has 2 aromatic rings. The molecule has 3 heterocycles. The summed E-state index contributed by atoms with van der Waals surface area (Å²) in [5, 5.41) is 3.34. The molecule has 26 heavy (non-hydrogen) atoms. The van der Waals surface area contributed by atoms with E-state index in [-0.39, 0.29) is 5.91 Å². The van der Waals surface area contributed by atoms with E-state index >= 15 is 0 Å². The fraction of sp³-hybridized carbons (Fsp3) is 0.389. The maximum Gasteiger partial charge on any atom is 0.246 e. The van der Waals surface area contributed by atoms with Gasteiger partial charge in [-0.05, 0) is 31.4 Å². The van der Waals surface area contributed by atoms with E-state index in [0.717, 1.165) is 37.1 Å². The lowest BCUT2D eigenvalue weighted by molar-refractivity contribution is -0.118. The number of imidazole rings is 1. The van der Waals surface area contributed by atoms with Crippen molar-refractivity contribution in [3.05, 3.63) is 41.4 Å². The van der Waals surface area contributed by atoms with E-state index in [1.807, 2.05) is 29.6 Å². The summed E-state index contributed by atoms with van der Waals surface area (Å²) in [7, 11) is 0. The first kappa shape index (κ1) is 16.9. The lowest BCUT2D eigenvalue weighted by atomic mass is 10.1. The molecular weight excluding hydrogens is 354 g/mol. The van der Waals surface area contributed by atoms with E-state index in [0.29, 0.717) is 36.4 Å². The van der Waals surface area contributed by atoms with Crippen molar-refractivity contribution in [3.63, 3.8) is 0 Å². The second-order valence-electron chi connectivity index (χ2n) is 6.42. The minimum absolute atomic E-state index is 0.0418. The molecule has 0 atom stereocenters. The summed E-state index contributed by atoms with van der Waals surface area (Å²) in [5.41, 5.74) is 1.70. The average Bonchev–Trinajstić information content (AvgIpc) is 3.26. The number of ether oxygens (including phenoxy) is 1. The standard InChI is InChI=1S/C18H20ClN5O2/c19-17-13-10-24-11-16(25)22-18(24)21-14(13)4-5-15(17)26-9-3-1-2-7-23-8-6-20-12-23/h4-6,8,12H,1-3,7,9-11H2,(H,21,22,25). The monoisotopic (exact) mass is 373 g/mol. The second kappa shape index (κ2) is 7.37. The Kier molecular flexibility index (Phi) is 4.79. The Labute approximate surface area is 156 Å². The number of guanidine groups is 1. The van der Waals surface area contributed by atoms with Gasteiger partial charge in [0.05, 0.1) is 30.2 Å². The second-order valence-corrected chi connectivity index (χ2v) is 6.80. The molecule has 0 bridgehead atoms. The maximum absolute atomic E-state index is 11.5. The lowest BCUT2D eigenvalue weighted by Crippen LogP contribution is -2.32. The fourth-order valence-corrected chi connectivity index (χ4v) is 3.43. The van der Waals surface area contributed by atoms with Gasteiger partial charge in [0.15, 0.2) is 0 Å². The van der Waals surface area contributed by atoms with Crippen LogP contribution in [0.15, 0.2) is 35.8 Å². The van der Waals surface area contributed by atoms with E-state index in [9.17, 15) is 4.79 Å². The number of rotatable bonds is 7. The molecule has 136 valence electrons. The minimum atomic E-state index is -0.0418. The van der Waals surface area contributed by atoms with Gasteiger partial charge in [-0.25, -0.2) is 9.98 Å². The Balaban J connectivity index is 1.30.